The van der Waals surface area contributed by atoms with Gasteiger partial charge in [-0.3, -0.25) is 9.59 Å². The molecule has 5 nitrogen and oxygen atoms in total. The SMILES string of the molecule is CCOC(=O)c1ccccc1N1C(=O)[C@@H]2[C@H](C1=O)[C@H]1C=C[C@H]2C1=C(C)C. The third-order valence-electron chi connectivity index (χ3n) is 5.63. The molecule has 4 atom stereocenters. The Morgan fingerprint density at radius 3 is 2.15 bits per heavy atom. The van der Waals surface area contributed by atoms with Crippen molar-refractivity contribution in [3.63, 3.8) is 0 Å². The van der Waals surface area contributed by atoms with E-state index in [0.29, 0.717) is 5.69 Å². The Morgan fingerprint density at radius 2 is 1.62 bits per heavy atom. The van der Waals surface area contributed by atoms with Crippen molar-refractivity contribution < 1.29 is 19.1 Å². The third kappa shape index (κ3) is 2.13. The van der Waals surface area contributed by atoms with Crippen LogP contribution in [0.25, 0.3) is 0 Å². The van der Waals surface area contributed by atoms with E-state index < -0.39 is 5.97 Å². The first-order chi connectivity index (χ1) is 12.5. The maximum Gasteiger partial charge on any atom is 0.340 e. The summed E-state index contributed by atoms with van der Waals surface area (Å²) >= 11 is 0. The fourth-order valence-electron chi connectivity index (χ4n) is 4.72. The first-order valence-electron chi connectivity index (χ1n) is 8.97. The molecular formula is C21H21NO4. The number of ether oxygens (including phenoxy) is 1. The monoisotopic (exact) mass is 351 g/mol. The van der Waals surface area contributed by atoms with Gasteiger partial charge < -0.3 is 4.74 Å². The zero-order valence-electron chi connectivity index (χ0n) is 15.1. The lowest BCUT2D eigenvalue weighted by Gasteiger charge is -2.21. The van der Waals surface area contributed by atoms with E-state index in [9.17, 15) is 14.4 Å². The number of hydrogen-bond donors (Lipinski definition) is 0. The fraction of sp³-hybridized carbons (Fsp3) is 0.381. The molecule has 2 aliphatic carbocycles. The lowest BCUT2D eigenvalue weighted by molar-refractivity contribution is -0.122. The number of fused-ring (bicyclic) bond motifs is 5. The van der Waals surface area contributed by atoms with Crippen molar-refractivity contribution in [1.82, 2.24) is 0 Å². The van der Waals surface area contributed by atoms with E-state index in [1.54, 1.807) is 31.2 Å². The highest BCUT2D eigenvalue weighted by molar-refractivity contribution is 6.25. The number of nitrogens with zero attached hydrogens (tertiary/aromatic N) is 1. The van der Waals surface area contributed by atoms with Gasteiger partial charge in [-0.1, -0.05) is 35.4 Å². The van der Waals surface area contributed by atoms with Crippen LogP contribution in [-0.2, 0) is 14.3 Å². The number of para-hydroxylation sites is 1. The van der Waals surface area contributed by atoms with E-state index in [4.69, 9.17) is 4.74 Å². The number of amides is 2. The molecule has 1 heterocycles. The highest BCUT2D eigenvalue weighted by Crippen LogP contribution is 2.57. The van der Waals surface area contributed by atoms with E-state index in [1.165, 1.54) is 16.0 Å². The van der Waals surface area contributed by atoms with Gasteiger partial charge in [0.1, 0.15) is 0 Å². The number of anilines is 1. The van der Waals surface area contributed by atoms with Gasteiger partial charge in [0.15, 0.2) is 0 Å². The van der Waals surface area contributed by atoms with Crippen LogP contribution in [0, 0.1) is 23.7 Å². The van der Waals surface area contributed by atoms with Gasteiger partial charge in [-0.2, -0.15) is 0 Å². The zero-order chi connectivity index (χ0) is 18.6. The molecule has 2 bridgehead atoms. The van der Waals surface area contributed by atoms with Crippen LogP contribution in [0.4, 0.5) is 5.69 Å². The summed E-state index contributed by atoms with van der Waals surface area (Å²) in [6.45, 7) is 6.03. The predicted octanol–water partition coefficient (Wildman–Crippen LogP) is 3.12. The molecule has 1 aromatic carbocycles. The molecule has 0 spiro atoms. The van der Waals surface area contributed by atoms with E-state index in [1.807, 2.05) is 13.8 Å². The molecule has 0 unspecified atom stereocenters. The quantitative estimate of drug-likeness (QED) is 0.477. The molecule has 2 amide bonds. The largest absolute Gasteiger partial charge is 0.462 e. The second-order valence-corrected chi connectivity index (χ2v) is 7.19. The molecular weight excluding hydrogens is 330 g/mol. The van der Waals surface area contributed by atoms with Crippen molar-refractivity contribution in [3.05, 3.63) is 53.1 Å². The van der Waals surface area contributed by atoms with Gasteiger partial charge >= 0.3 is 5.97 Å². The number of imide groups is 1. The van der Waals surface area contributed by atoms with Crippen LogP contribution in [-0.4, -0.2) is 24.4 Å². The normalized spacial score (nSPS) is 28.7. The van der Waals surface area contributed by atoms with Gasteiger partial charge in [0, 0.05) is 11.8 Å². The Morgan fingerprint density at radius 1 is 1.04 bits per heavy atom. The summed E-state index contributed by atoms with van der Waals surface area (Å²) in [5.74, 6) is -1.70. The standard InChI is InChI=1S/C21H21NO4/c1-4-26-21(25)12-7-5-6-8-15(12)22-19(23)17-13-9-10-14(16(13)11(2)3)18(17)20(22)24/h5-10,13-14,17-18H,4H2,1-3H3/t13-,14-,17-,18+/m0/s1. The van der Waals surface area contributed by atoms with Gasteiger partial charge in [-0.05, 0) is 32.9 Å². The van der Waals surface area contributed by atoms with Crippen LogP contribution >= 0.6 is 0 Å². The summed E-state index contributed by atoms with van der Waals surface area (Å²) in [6, 6.07) is 6.66. The second-order valence-electron chi connectivity index (χ2n) is 7.19. The topological polar surface area (TPSA) is 63.7 Å². The van der Waals surface area contributed by atoms with Crippen molar-refractivity contribution in [2.24, 2.45) is 23.7 Å². The van der Waals surface area contributed by atoms with Crippen molar-refractivity contribution in [3.8, 4) is 0 Å². The van der Waals surface area contributed by atoms with Crippen molar-refractivity contribution in [2.45, 2.75) is 20.8 Å². The van der Waals surface area contributed by atoms with E-state index in [0.717, 1.165) is 0 Å². The fourth-order valence-corrected chi connectivity index (χ4v) is 4.72. The number of rotatable bonds is 3. The third-order valence-corrected chi connectivity index (χ3v) is 5.63. The van der Waals surface area contributed by atoms with Crippen molar-refractivity contribution in [2.75, 3.05) is 11.5 Å². The molecule has 4 rings (SSSR count). The van der Waals surface area contributed by atoms with Crippen LogP contribution in [0.2, 0.25) is 0 Å². The molecule has 2 fully saturated rings. The number of benzene rings is 1. The molecule has 1 saturated heterocycles. The van der Waals surface area contributed by atoms with Gasteiger partial charge in [-0.25, -0.2) is 9.69 Å². The maximum absolute atomic E-state index is 13.2. The summed E-state index contributed by atoms with van der Waals surface area (Å²) in [7, 11) is 0. The second kappa shape index (κ2) is 5.94. The smallest absolute Gasteiger partial charge is 0.340 e. The molecule has 5 heteroatoms. The van der Waals surface area contributed by atoms with Crippen LogP contribution in [0.1, 0.15) is 31.1 Å². The summed E-state index contributed by atoms with van der Waals surface area (Å²) < 4.78 is 5.09. The number of allylic oxidation sites excluding steroid dienone is 4. The average Bonchev–Trinajstić information content (AvgIpc) is 3.25. The highest BCUT2D eigenvalue weighted by atomic mass is 16.5. The summed E-state index contributed by atoms with van der Waals surface area (Å²) in [6.07, 6.45) is 4.11. The summed E-state index contributed by atoms with van der Waals surface area (Å²) in [4.78, 5) is 39.8. The highest BCUT2D eigenvalue weighted by Gasteiger charge is 2.62. The molecule has 1 aliphatic heterocycles. The van der Waals surface area contributed by atoms with Crippen molar-refractivity contribution in [1.29, 1.82) is 0 Å². The van der Waals surface area contributed by atoms with Crippen LogP contribution in [0.3, 0.4) is 0 Å². The van der Waals surface area contributed by atoms with Gasteiger partial charge in [0.05, 0.1) is 29.7 Å². The molecule has 0 N–H and O–H groups in total. The van der Waals surface area contributed by atoms with Crippen molar-refractivity contribution >= 4 is 23.5 Å². The number of esters is 1. The Bertz CT molecular complexity index is 844. The molecule has 0 aromatic heterocycles. The Kier molecular flexibility index (Phi) is 3.83. The van der Waals surface area contributed by atoms with Gasteiger partial charge in [-0.15, -0.1) is 0 Å². The summed E-state index contributed by atoms with van der Waals surface area (Å²) in [5, 5.41) is 0. The van der Waals surface area contributed by atoms with Crippen LogP contribution in [0.15, 0.2) is 47.6 Å². The average molecular weight is 351 g/mol. The molecule has 1 saturated carbocycles. The number of carbonyl (C=O) groups is 3. The Balaban J connectivity index is 1.75. The van der Waals surface area contributed by atoms with E-state index in [-0.39, 0.29) is 47.7 Å². The Hall–Kier alpha value is -2.69. The molecule has 134 valence electrons. The molecule has 0 radical (unpaired) electrons. The van der Waals surface area contributed by atoms with Gasteiger partial charge in [0.25, 0.3) is 0 Å². The van der Waals surface area contributed by atoms with Crippen LogP contribution < -0.4 is 4.90 Å². The minimum Gasteiger partial charge on any atom is -0.462 e. The first-order valence-corrected chi connectivity index (χ1v) is 8.97. The summed E-state index contributed by atoms with van der Waals surface area (Å²) in [5.41, 5.74) is 2.96. The van der Waals surface area contributed by atoms with E-state index >= 15 is 0 Å². The minimum absolute atomic E-state index is 0.00814. The Labute approximate surface area is 152 Å². The molecule has 26 heavy (non-hydrogen) atoms. The lowest BCUT2D eigenvalue weighted by Crippen LogP contribution is -2.34. The zero-order valence-corrected chi connectivity index (χ0v) is 15.1. The maximum atomic E-state index is 13.2. The predicted molar refractivity (Wildman–Crippen MR) is 96.4 cm³/mol. The minimum atomic E-state index is -0.521. The number of hydrogen-bond acceptors (Lipinski definition) is 4. The van der Waals surface area contributed by atoms with E-state index in [2.05, 4.69) is 12.2 Å². The molecule has 3 aliphatic rings. The lowest BCUT2D eigenvalue weighted by atomic mass is 9.85. The first kappa shape index (κ1) is 16.8. The molecule has 1 aromatic rings. The number of carbonyl (C=O) groups excluding carboxylic acids is 3. The van der Waals surface area contributed by atoms with Crippen LogP contribution in [0.5, 0.6) is 0 Å². The van der Waals surface area contributed by atoms with Gasteiger partial charge in [0.2, 0.25) is 11.8 Å².